The van der Waals surface area contributed by atoms with Gasteiger partial charge in [-0.3, -0.25) is 4.79 Å². The van der Waals surface area contributed by atoms with Crippen LogP contribution in [0.3, 0.4) is 0 Å². The molecule has 0 radical (unpaired) electrons. The van der Waals surface area contributed by atoms with Gasteiger partial charge in [-0.15, -0.1) is 0 Å². The van der Waals surface area contributed by atoms with Crippen molar-refractivity contribution in [2.24, 2.45) is 0 Å². The van der Waals surface area contributed by atoms with Crippen molar-refractivity contribution in [3.63, 3.8) is 0 Å². The molecule has 0 spiro atoms. The summed E-state index contributed by atoms with van der Waals surface area (Å²) in [6.07, 6.45) is 1.39. The zero-order chi connectivity index (χ0) is 22.0. The van der Waals surface area contributed by atoms with Crippen molar-refractivity contribution >= 4 is 32.3 Å². The number of anilines is 1. The highest BCUT2D eigenvalue weighted by atomic mass is 32.2. The molecule has 0 aliphatic carbocycles. The number of benzene rings is 3. The number of aromatic nitrogens is 1. The number of hydrogen-bond acceptors (Lipinski definition) is 3. The molecule has 1 heterocycles. The maximum atomic E-state index is 13.8. The van der Waals surface area contributed by atoms with Gasteiger partial charge in [-0.1, -0.05) is 42.5 Å². The van der Waals surface area contributed by atoms with E-state index in [-0.39, 0.29) is 22.9 Å². The first kappa shape index (κ1) is 20.7. The van der Waals surface area contributed by atoms with Crippen LogP contribution < -0.4 is 5.32 Å². The van der Waals surface area contributed by atoms with Crippen molar-refractivity contribution < 1.29 is 22.0 Å². The number of rotatable bonds is 6. The molecule has 31 heavy (non-hydrogen) atoms. The van der Waals surface area contributed by atoms with Gasteiger partial charge in [0.15, 0.2) is 9.84 Å². The van der Waals surface area contributed by atoms with Gasteiger partial charge >= 0.3 is 0 Å². The summed E-state index contributed by atoms with van der Waals surface area (Å²) in [6.45, 7) is -0.204. The van der Waals surface area contributed by atoms with Gasteiger partial charge in [-0.2, -0.15) is 0 Å². The van der Waals surface area contributed by atoms with Gasteiger partial charge < -0.3 is 9.88 Å². The third kappa shape index (κ3) is 4.49. The van der Waals surface area contributed by atoms with E-state index in [1.165, 1.54) is 47.2 Å². The molecule has 3 aromatic carbocycles. The lowest BCUT2D eigenvalue weighted by molar-refractivity contribution is -0.116. The summed E-state index contributed by atoms with van der Waals surface area (Å²) in [5.74, 6) is -1.95. The van der Waals surface area contributed by atoms with Crippen LogP contribution in [0.4, 0.5) is 14.5 Å². The molecular weight excluding hydrogens is 422 g/mol. The molecule has 0 saturated heterocycles. The van der Waals surface area contributed by atoms with Crippen LogP contribution in [0.25, 0.3) is 10.9 Å². The van der Waals surface area contributed by atoms with Crippen molar-refractivity contribution in [3.8, 4) is 0 Å². The van der Waals surface area contributed by atoms with E-state index >= 15 is 0 Å². The molecule has 4 rings (SSSR count). The van der Waals surface area contributed by atoms with Crippen molar-refractivity contribution in [2.75, 3.05) is 5.32 Å². The standard InChI is InChI=1S/C23H18F2N2O3S/c24-17-7-5-6-16(12-17)15-31(29,30)22-13-27(21-11-4-1-8-18(21)22)14-23(28)26-20-10-3-2-9-19(20)25/h1-13H,14-15H2,(H,26,28). The second-order valence-corrected chi connectivity index (χ2v) is 9.01. The van der Waals surface area contributed by atoms with E-state index in [1.54, 1.807) is 36.4 Å². The van der Waals surface area contributed by atoms with E-state index in [0.29, 0.717) is 16.5 Å². The molecule has 5 nitrogen and oxygen atoms in total. The monoisotopic (exact) mass is 440 g/mol. The summed E-state index contributed by atoms with van der Waals surface area (Å²) >= 11 is 0. The molecule has 0 fully saturated rings. The first-order valence-electron chi connectivity index (χ1n) is 9.43. The fourth-order valence-corrected chi connectivity index (χ4v) is 4.99. The minimum Gasteiger partial charge on any atom is -0.337 e. The third-order valence-corrected chi connectivity index (χ3v) is 6.50. The number of fused-ring (bicyclic) bond motifs is 1. The zero-order valence-electron chi connectivity index (χ0n) is 16.3. The molecule has 4 aromatic rings. The summed E-state index contributed by atoms with van der Waals surface area (Å²) in [7, 11) is -3.82. The number of halogens is 2. The van der Waals surface area contributed by atoms with Crippen molar-refractivity contribution in [3.05, 3.63) is 96.2 Å². The number of carbonyl (C=O) groups excluding carboxylic acids is 1. The smallest absolute Gasteiger partial charge is 0.244 e. The summed E-state index contributed by atoms with van der Waals surface area (Å²) < 4.78 is 54.9. The Morgan fingerprint density at radius 2 is 1.68 bits per heavy atom. The fourth-order valence-electron chi connectivity index (χ4n) is 3.42. The topological polar surface area (TPSA) is 68.2 Å². The Morgan fingerprint density at radius 3 is 2.45 bits per heavy atom. The lowest BCUT2D eigenvalue weighted by Crippen LogP contribution is -2.19. The second kappa shape index (κ2) is 8.31. The highest BCUT2D eigenvalue weighted by molar-refractivity contribution is 7.90. The van der Waals surface area contributed by atoms with Crippen LogP contribution in [0.15, 0.2) is 83.9 Å². The number of nitrogens with one attached hydrogen (secondary N) is 1. The summed E-state index contributed by atoms with van der Waals surface area (Å²) in [6, 6.07) is 18.0. The van der Waals surface area contributed by atoms with Gasteiger partial charge in [0, 0.05) is 17.1 Å². The molecule has 158 valence electrons. The number of amides is 1. The van der Waals surface area contributed by atoms with Crippen molar-refractivity contribution in [1.29, 1.82) is 0 Å². The Labute approximate surface area is 177 Å². The average molecular weight is 440 g/mol. The lowest BCUT2D eigenvalue weighted by Gasteiger charge is -2.08. The van der Waals surface area contributed by atoms with E-state index in [2.05, 4.69) is 5.32 Å². The number of para-hydroxylation sites is 2. The highest BCUT2D eigenvalue weighted by Crippen LogP contribution is 2.28. The van der Waals surface area contributed by atoms with E-state index in [1.807, 2.05) is 0 Å². The molecule has 0 saturated carbocycles. The molecule has 0 aliphatic rings. The van der Waals surface area contributed by atoms with Crippen LogP contribution in [0.5, 0.6) is 0 Å². The van der Waals surface area contributed by atoms with Crippen LogP contribution >= 0.6 is 0 Å². The maximum absolute atomic E-state index is 13.8. The Balaban J connectivity index is 1.66. The van der Waals surface area contributed by atoms with Gasteiger partial charge in [0.05, 0.1) is 16.3 Å². The van der Waals surface area contributed by atoms with Gasteiger partial charge in [0.1, 0.15) is 18.2 Å². The molecule has 0 atom stereocenters. The van der Waals surface area contributed by atoms with Crippen molar-refractivity contribution in [1.82, 2.24) is 4.57 Å². The zero-order valence-corrected chi connectivity index (χ0v) is 17.1. The highest BCUT2D eigenvalue weighted by Gasteiger charge is 2.22. The fraction of sp³-hybridized carbons (Fsp3) is 0.0870. The summed E-state index contributed by atoms with van der Waals surface area (Å²) in [5, 5.41) is 2.95. The Kier molecular flexibility index (Phi) is 5.56. The van der Waals surface area contributed by atoms with Gasteiger partial charge in [-0.05, 0) is 35.9 Å². The predicted molar refractivity (Wildman–Crippen MR) is 114 cm³/mol. The Bertz CT molecular complexity index is 1380. The van der Waals surface area contributed by atoms with Crippen LogP contribution in [0, 0.1) is 11.6 Å². The molecule has 0 bridgehead atoms. The normalized spacial score (nSPS) is 11.5. The first-order chi connectivity index (χ1) is 14.8. The molecule has 1 N–H and O–H groups in total. The molecule has 8 heteroatoms. The SMILES string of the molecule is O=C(Cn1cc(S(=O)(=O)Cc2cccc(F)c2)c2ccccc21)Nc1ccccc1F. The molecule has 0 aliphatic heterocycles. The largest absolute Gasteiger partial charge is 0.337 e. The second-order valence-electron chi connectivity index (χ2n) is 7.06. The maximum Gasteiger partial charge on any atom is 0.244 e. The number of sulfone groups is 1. The van der Waals surface area contributed by atoms with Crippen LogP contribution in [0.1, 0.15) is 5.56 Å². The summed E-state index contributed by atoms with van der Waals surface area (Å²) in [4.78, 5) is 12.5. The van der Waals surface area contributed by atoms with E-state index in [4.69, 9.17) is 0 Å². The average Bonchev–Trinajstić information content (AvgIpc) is 3.09. The minimum absolute atomic E-state index is 0.0444. The number of nitrogens with zero attached hydrogens (tertiary/aromatic N) is 1. The van der Waals surface area contributed by atoms with Crippen LogP contribution in [0.2, 0.25) is 0 Å². The minimum atomic E-state index is -3.82. The van der Waals surface area contributed by atoms with Gasteiger partial charge in [-0.25, -0.2) is 17.2 Å². The summed E-state index contributed by atoms with van der Waals surface area (Å²) in [5.41, 5.74) is 0.918. The van der Waals surface area contributed by atoms with E-state index in [9.17, 15) is 22.0 Å². The Hall–Kier alpha value is -3.52. The van der Waals surface area contributed by atoms with E-state index < -0.39 is 27.4 Å². The van der Waals surface area contributed by atoms with Crippen LogP contribution in [-0.4, -0.2) is 18.9 Å². The molecular formula is C23H18F2N2O3S. The lowest BCUT2D eigenvalue weighted by atomic mass is 10.2. The van der Waals surface area contributed by atoms with E-state index in [0.717, 1.165) is 0 Å². The van der Waals surface area contributed by atoms with Gasteiger partial charge in [0.2, 0.25) is 5.91 Å². The molecule has 1 amide bonds. The number of carbonyl (C=O) groups is 1. The molecule has 1 aromatic heterocycles. The number of hydrogen-bond donors (Lipinski definition) is 1. The van der Waals surface area contributed by atoms with Crippen molar-refractivity contribution in [2.45, 2.75) is 17.2 Å². The van der Waals surface area contributed by atoms with Gasteiger partial charge in [0.25, 0.3) is 0 Å². The predicted octanol–water partition coefficient (Wildman–Crippen LogP) is 4.53. The third-order valence-electron chi connectivity index (χ3n) is 4.79. The Morgan fingerprint density at radius 1 is 0.935 bits per heavy atom. The van der Waals surface area contributed by atoms with Crippen LogP contribution in [-0.2, 0) is 26.9 Å². The molecule has 0 unspecified atom stereocenters. The quantitative estimate of drug-likeness (QED) is 0.479. The first-order valence-corrected chi connectivity index (χ1v) is 11.1.